The first-order chi connectivity index (χ1) is 12.6. The smallest absolute Gasteiger partial charge is 0.376 e. The highest BCUT2D eigenvalue weighted by Crippen LogP contribution is 2.37. The van der Waals surface area contributed by atoms with E-state index < -0.39 is 0 Å². The molecule has 5 rings (SSSR count). The second kappa shape index (κ2) is 5.23. The van der Waals surface area contributed by atoms with Crippen molar-refractivity contribution in [3.8, 4) is 22.8 Å². The van der Waals surface area contributed by atoms with E-state index in [9.17, 15) is 0 Å². The van der Waals surface area contributed by atoms with Gasteiger partial charge in [-0.2, -0.15) is 0 Å². The van der Waals surface area contributed by atoms with E-state index in [2.05, 4.69) is 11.1 Å². The minimum atomic E-state index is 0.230. The van der Waals surface area contributed by atoms with E-state index in [4.69, 9.17) is 25.0 Å². The second-order valence-corrected chi connectivity index (χ2v) is 6.35. The molecule has 0 bridgehead atoms. The summed E-state index contributed by atoms with van der Waals surface area (Å²) in [7, 11) is 0. The predicted molar refractivity (Wildman–Crippen MR) is 97.3 cm³/mol. The third-order valence-corrected chi connectivity index (χ3v) is 4.61. The number of hydrogen-bond acceptors (Lipinski definition) is 5. The van der Waals surface area contributed by atoms with E-state index >= 15 is 0 Å². The first-order valence-electron chi connectivity index (χ1n) is 8.22. The van der Waals surface area contributed by atoms with Gasteiger partial charge in [-0.3, -0.25) is 0 Å². The minimum absolute atomic E-state index is 0.230. The van der Waals surface area contributed by atoms with E-state index in [-0.39, 0.29) is 12.3 Å². The molecule has 0 unspecified atom stereocenters. The van der Waals surface area contributed by atoms with Crippen molar-refractivity contribution >= 4 is 27.6 Å². The van der Waals surface area contributed by atoms with E-state index in [0.717, 1.165) is 33.3 Å². The number of nitrogens with two attached hydrogens (primary N) is 2. The SMILES string of the molecule is Cc1ccc2oc(=[NH2+])c3c(N)nc(-c4ccc5c(c4)OCO5)cc3c2c1. The summed E-state index contributed by atoms with van der Waals surface area (Å²) in [5, 5.41) is 8.59. The molecule has 0 atom stereocenters. The number of benzene rings is 2. The zero-order valence-corrected chi connectivity index (χ0v) is 14.1. The Morgan fingerprint density at radius 3 is 2.73 bits per heavy atom. The maximum absolute atomic E-state index is 6.23. The van der Waals surface area contributed by atoms with Crippen molar-refractivity contribution in [1.82, 2.24) is 4.98 Å². The minimum Gasteiger partial charge on any atom is -0.454 e. The highest BCUT2D eigenvalue weighted by molar-refractivity contribution is 6.08. The van der Waals surface area contributed by atoms with Gasteiger partial charge in [0, 0.05) is 16.3 Å². The largest absolute Gasteiger partial charge is 0.454 e. The molecule has 0 radical (unpaired) electrons. The first-order valence-corrected chi connectivity index (χ1v) is 8.22. The lowest BCUT2D eigenvalue weighted by molar-refractivity contribution is -0.194. The van der Waals surface area contributed by atoms with E-state index in [0.29, 0.717) is 22.5 Å². The number of hydrogen-bond donors (Lipinski definition) is 2. The van der Waals surface area contributed by atoms with Crippen LogP contribution in [0.3, 0.4) is 0 Å². The normalized spacial score (nSPS) is 12.8. The standard InChI is InChI=1S/C20H15N3O3/c1-10-2-4-15-12(6-10)13-8-14(23-19(21)18(13)20(22)26-15)11-3-5-16-17(7-11)25-9-24-16/h2-8,22H,9H2,1H3,(H2,21,23)/p+1. The predicted octanol–water partition coefficient (Wildman–Crippen LogP) is 1.93. The van der Waals surface area contributed by atoms with Crippen LogP contribution in [0.1, 0.15) is 5.56 Å². The van der Waals surface area contributed by atoms with Crippen molar-refractivity contribution < 1.29 is 19.3 Å². The molecular weight excluding hydrogens is 330 g/mol. The third kappa shape index (κ3) is 2.12. The number of nitrogen functional groups attached to an aromatic ring is 1. The Morgan fingerprint density at radius 1 is 1.00 bits per heavy atom. The molecule has 3 heterocycles. The fourth-order valence-corrected chi connectivity index (χ4v) is 3.35. The van der Waals surface area contributed by atoms with Crippen molar-refractivity contribution in [3.63, 3.8) is 0 Å². The number of fused-ring (bicyclic) bond motifs is 4. The molecule has 0 aliphatic carbocycles. The molecule has 6 heteroatoms. The maximum Gasteiger partial charge on any atom is 0.376 e. The van der Waals surface area contributed by atoms with Crippen LogP contribution >= 0.6 is 0 Å². The number of pyridine rings is 1. The van der Waals surface area contributed by atoms with Crippen LogP contribution in [0.4, 0.5) is 5.82 Å². The molecule has 0 amide bonds. The monoisotopic (exact) mass is 346 g/mol. The number of ether oxygens (including phenoxy) is 2. The van der Waals surface area contributed by atoms with Gasteiger partial charge in [-0.15, -0.1) is 0 Å². The molecule has 2 aromatic heterocycles. The lowest BCUT2D eigenvalue weighted by atomic mass is 10.0. The topological polar surface area (TPSA) is 96.1 Å². The van der Waals surface area contributed by atoms with Gasteiger partial charge in [0.15, 0.2) is 11.5 Å². The summed E-state index contributed by atoms with van der Waals surface area (Å²) in [6.07, 6.45) is 0. The van der Waals surface area contributed by atoms with Gasteiger partial charge in [0.25, 0.3) is 0 Å². The average Bonchev–Trinajstić information content (AvgIpc) is 3.09. The first kappa shape index (κ1) is 14.8. The Hall–Kier alpha value is -3.54. The van der Waals surface area contributed by atoms with Crippen LogP contribution < -0.4 is 26.2 Å². The molecule has 1 aliphatic rings. The number of rotatable bonds is 1. The number of anilines is 1. The molecule has 0 fully saturated rings. The van der Waals surface area contributed by atoms with Crippen LogP contribution in [0.2, 0.25) is 0 Å². The summed E-state index contributed by atoms with van der Waals surface area (Å²) in [6, 6.07) is 13.7. The van der Waals surface area contributed by atoms with Crippen LogP contribution in [-0.2, 0) is 0 Å². The highest BCUT2D eigenvalue weighted by atomic mass is 16.7. The third-order valence-electron chi connectivity index (χ3n) is 4.61. The van der Waals surface area contributed by atoms with E-state index in [1.54, 1.807) is 0 Å². The Labute approximate surface area is 148 Å². The zero-order chi connectivity index (χ0) is 17.8. The van der Waals surface area contributed by atoms with Crippen molar-refractivity contribution in [3.05, 3.63) is 53.6 Å². The van der Waals surface area contributed by atoms with Crippen molar-refractivity contribution in [2.75, 3.05) is 12.5 Å². The summed E-state index contributed by atoms with van der Waals surface area (Å²) in [5.74, 6) is 1.76. The molecule has 4 aromatic rings. The van der Waals surface area contributed by atoms with E-state index in [1.807, 2.05) is 43.3 Å². The Kier molecular flexibility index (Phi) is 2.97. The lowest BCUT2D eigenvalue weighted by Gasteiger charge is -2.08. The second-order valence-electron chi connectivity index (χ2n) is 6.35. The van der Waals surface area contributed by atoms with Crippen LogP contribution in [0, 0.1) is 6.92 Å². The van der Waals surface area contributed by atoms with Crippen LogP contribution in [0.25, 0.3) is 33.0 Å². The molecule has 26 heavy (non-hydrogen) atoms. The summed E-state index contributed by atoms with van der Waals surface area (Å²) < 4.78 is 16.6. The molecule has 6 nitrogen and oxygen atoms in total. The lowest BCUT2D eigenvalue weighted by Crippen LogP contribution is -2.45. The van der Waals surface area contributed by atoms with Crippen molar-refractivity contribution in [2.24, 2.45) is 0 Å². The quantitative estimate of drug-likeness (QED) is 0.513. The summed E-state index contributed by atoms with van der Waals surface area (Å²) in [5.41, 5.74) is 9.96. The van der Waals surface area contributed by atoms with Gasteiger partial charge in [-0.1, -0.05) is 11.6 Å². The van der Waals surface area contributed by atoms with Crippen molar-refractivity contribution in [1.29, 1.82) is 0 Å². The molecule has 2 aromatic carbocycles. The van der Waals surface area contributed by atoms with Gasteiger partial charge >= 0.3 is 5.55 Å². The highest BCUT2D eigenvalue weighted by Gasteiger charge is 2.18. The molecule has 4 N–H and O–H groups in total. The Bertz CT molecular complexity index is 1260. The molecule has 0 saturated heterocycles. The van der Waals surface area contributed by atoms with Gasteiger partial charge in [0.05, 0.1) is 5.69 Å². The average molecular weight is 346 g/mol. The fourth-order valence-electron chi connectivity index (χ4n) is 3.35. The molecule has 128 valence electrons. The summed E-state index contributed by atoms with van der Waals surface area (Å²) >= 11 is 0. The summed E-state index contributed by atoms with van der Waals surface area (Å²) in [4.78, 5) is 4.53. The van der Waals surface area contributed by atoms with Crippen LogP contribution in [-0.4, -0.2) is 11.8 Å². The number of aromatic nitrogens is 1. The van der Waals surface area contributed by atoms with E-state index in [1.165, 1.54) is 0 Å². The number of aryl methyl sites for hydroxylation is 1. The Balaban J connectivity index is 1.84. The van der Waals surface area contributed by atoms with Gasteiger partial charge in [-0.25, -0.2) is 10.4 Å². The van der Waals surface area contributed by atoms with Crippen LogP contribution in [0.5, 0.6) is 11.5 Å². The molecule has 0 saturated carbocycles. The summed E-state index contributed by atoms with van der Waals surface area (Å²) in [6.45, 7) is 2.26. The van der Waals surface area contributed by atoms with Gasteiger partial charge in [-0.05, 0) is 43.3 Å². The van der Waals surface area contributed by atoms with Gasteiger partial charge in [0.2, 0.25) is 6.79 Å². The van der Waals surface area contributed by atoms with Crippen LogP contribution in [0.15, 0.2) is 46.9 Å². The molecule has 1 aliphatic heterocycles. The van der Waals surface area contributed by atoms with Gasteiger partial charge in [0.1, 0.15) is 16.8 Å². The fraction of sp³-hybridized carbons (Fsp3) is 0.100. The van der Waals surface area contributed by atoms with Crippen molar-refractivity contribution in [2.45, 2.75) is 6.92 Å². The number of nitrogens with zero attached hydrogens (tertiary/aromatic N) is 1. The molecular formula is C20H16N3O3+. The Morgan fingerprint density at radius 2 is 1.85 bits per heavy atom. The van der Waals surface area contributed by atoms with Gasteiger partial charge < -0.3 is 19.6 Å². The maximum atomic E-state index is 6.23. The molecule has 0 spiro atoms. The zero-order valence-electron chi connectivity index (χ0n) is 14.1.